The maximum absolute atomic E-state index is 13.4. The van der Waals surface area contributed by atoms with Gasteiger partial charge in [-0.3, -0.25) is 0 Å². The van der Waals surface area contributed by atoms with Gasteiger partial charge in [0.2, 0.25) is 10.0 Å². The van der Waals surface area contributed by atoms with Crippen molar-refractivity contribution in [3.63, 3.8) is 0 Å². The maximum atomic E-state index is 13.4. The molecule has 0 saturated carbocycles. The van der Waals surface area contributed by atoms with Crippen molar-refractivity contribution in [3.05, 3.63) is 41.7 Å². The summed E-state index contributed by atoms with van der Waals surface area (Å²) in [7, 11) is -3.58. The number of aromatic nitrogens is 2. The summed E-state index contributed by atoms with van der Waals surface area (Å²) in [6, 6.07) is 9.65. The van der Waals surface area contributed by atoms with Crippen molar-refractivity contribution in [1.29, 1.82) is 0 Å². The van der Waals surface area contributed by atoms with Gasteiger partial charge in [-0.25, -0.2) is 13.1 Å². The van der Waals surface area contributed by atoms with Gasteiger partial charge < -0.3 is 4.74 Å². The van der Waals surface area contributed by atoms with Gasteiger partial charge in [0.15, 0.2) is 0 Å². The molecule has 1 aromatic heterocycles. The highest BCUT2D eigenvalue weighted by atomic mass is 32.2. The quantitative estimate of drug-likeness (QED) is 0.827. The molecular formula is C19H25N3O3S. The van der Waals surface area contributed by atoms with Crippen molar-refractivity contribution in [1.82, 2.24) is 14.1 Å². The molecule has 1 spiro atoms. The van der Waals surface area contributed by atoms with Gasteiger partial charge in [0, 0.05) is 25.1 Å². The first-order valence-electron chi connectivity index (χ1n) is 9.13. The van der Waals surface area contributed by atoms with E-state index in [0.29, 0.717) is 36.0 Å². The number of benzene rings is 1. The molecule has 4 rings (SSSR count). The van der Waals surface area contributed by atoms with Gasteiger partial charge >= 0.3 is 0 Å². The Morgan fingerprint density at radius 1 is 1.15 bits per heavy atom. The fourth-order valence-electron chi connectivity index (χ4n) is 4.29. The predicted octanol–water partition coefficient (Wildman–Crippen LogP) is 2.68. The summed E-state index contributed by atoms with van der Waals surface area (Å²) in [6.07, 6.45) is 2.87. The molecule has 2 aliphatic rings. The van der Waals surface area contributed by atoms with Crippen LogP contribution < -0.4 is 0 Å². The third kappa shape index (κ3) is 2.88. The van der Waals surface area contributed by atoms with Crippen LogP contribution in [0.3, 0.4) is 0 Å². The minimum Gasteiger partial charge on any atom is -0.381 e. The highest BCUT2D eigenvalue weighted by Gasteiger charge is 2.43. The summed E-state index contributed by atoms with van der Waals surface area (Å²) in [5.41, 5.74) is 2.07. The topological polar surface area (TPSA) is 64.4 Å². The van der Waals surface area contributed by atoms with E-state index in [-0.39, 0.29) is 5.41 Å². The number of nitrogens with zero attached hydrogens (tertiary/aromatic N) is 3. The van der Waals surface area contributed by atoms with E-state index in [1.807, 2.05) is 37.3 Å². The Morgan fingerprint density at radius 3 is 2.62 bits per heavy atom. The third-order valence-corrected chi connectivity index (χ3v) is 7.73. The van der Waals surface area contributed by atoms with E-state index in [9.17, 15) is 8.42 Å². The molecule has 2 fully saturated rings. The average Bonchev–Trinajstić information content (AvgIpc) is 3.20. The van der Waals surface area contributed by atoms with E-state index in [1.165, 1.54) is 0 Å². The number of rotatable bonds is 3. The molecule has 140 valence electrons. The standard InChI is InChI=1S/C19H25N3O3S/c1-15-18(16(2)22(20-15)17-7-4-3-5-8-17)26(23,24)21-11-6-9-19(13-21)10-12-25-14-19/h3-5,7-8H,6,9-14H2,1-2H3/t19-/m0/s1. The third-order valence-electron chi connectivity index (χ3n) is 5.63. The normalized spacial score (nSPS) is 24.4. The first-order valence-corrected chi connectivity index (χ1v) is 10.6. The van der Waals surface area contributed by atoms with Crippen LogP contribution in [-0.2, 0) is 14.8 Å². The second-order valence-electron chi connectivity index (χ2n) is 7.49. The van der Waals surface area contributed by atoms with E-state index in [4.69, 9.17) is 4.74 Å². The molecule has 1 aromatic carbocycles. The van der Waals surface area contributed by atoms with E-state index in [1.54, 1.807) is 15.9 Å². The number of aryl methyl sites for hydroxylation is 1. The fourth-order valence-corrected chi connectivity index (χ4v) is 6.24. The number of piperidine rings is 1. The first-order chi connectivity index (χ1) is 12.4. The molecule has 3 heterocycles. The van der Waals surface area contributed by atoms with Gasteiger partial charge in [-0.15, -0.1) is 0 Å². The Labute approximate surface area is 154 Å². The molecule has 6 nitrogen and oxygen atoms in total. The first kappa shape index (κ1) is 17.7. The monoisotopic (exact) mass is 375 g/mol. The maximum Gasteiger partial charge on any atom is 0.246 e. The van der Waals surface area contributed by atoms with Crippen molar-refractivity contribution in [3.8, 4) is 5.69 Å². The molecule has 0 radical (unpaired) electrons. The summed E-state index contributed by atoms with van der Waals surface area (Å²) < 4.78 is 35.8. The molecule has 26 heavy (non-hydrogen) atoms. The summed E-state index contributed by atoms with van der Waals surface area (Å²) >= 11 is 0. The van der Waals surface area contributed by atoms with Crippen LogP contribution in [0.1, 0.15) is 30.7 Å². The minimum atomic E-state index is -3.58. The van der Waals surface area contributed by atoms with Gasteiger partial charge in [-0.1, -0.05) is 18.2 Å². The van der Waals surface area contributed by atoms with Gasteiger partial charge in [0.25, 0.3) is 0 Å². The molecule has 0 N–H and O–H groups in total. The van der Waals surface area contributed by atoms with E-state index >= 15 is 0 Å². The molecule has 1 atom stereocenters. The van der Waals surface area contributed by atoms with Gasteiger partial charge in [0.05, 0.1) is 23.7 Å². The summed E-state index contributed by atoms with van der Waals surface area (Å²) in [6.45, 7) is 6.12. The number of ether oxygens (including phenoxy) is 1. The van der Waals surface area contributed by atoms with Crippen molar-refractivity contribution in [2.45, 2.75) is 38.0 Å². The number of hydrogen-bond donors (Lipinski definition) is 0. The lowest BCUT2D eigenvalue weighted by Crippen LogP contribution is -2.46. The highest BCUT2D eigenvalue weighted by molar-refractivity contribution is 7.89. The Hall–Kier alpha value is -1.70. The lowest BCUT2D eigenvalue weighted by atomic mass is 9.80. The SMILES string of the molecule is Cc1nn(-c2ccccc2)c(C)c1S(=O)(=O)N1CCC[C@]2(CCOC2)C1. The molecule has 0 unspecified atom stereocenters. The van der Waals surface area contributed by atoms with Crippen LogP contribution in [0.2, 0.25) is 0 Å². The number of sulfonamides is 1. The van der Waals surface area contributed by atoms with Gasteiger partial charge in [-0.05, 0) is 45.2 Å². The molecule has 2 aromatic rings. The van der Waals surface area contributed by atoms with E-state index in [2.05, 4.69) is 5.10 Å². The molecule has 0 aliphatic carbocycles. The lowest BCUT2D eigenvalue weighted by Gasteiger charge is -2.38. The summed E-state index contributed by atoms with van der Waals surface area (Å²) in [5, 5.41) is 4.52. The zero-order valence-corrected chi connectivity index (χ0v) is 16.1. The van der Waals surface area contributed by atoms with E-state index < -0.39 is 10.0 Å². The number of para-hydroxylation sites is 1. The van der Waals surface area contributed by atoms with Crippen LogP contribution in [0.4, 0.5) is 0 Å². The Kier molecular flexibility index (Phi) is 4.41. The predicted molar refractivity (Wildman–Crippen MR) is 98.9 cm³/mol. The summed E-state index contributed by atoms with van der Waals surface area (Å²) in [5.74, 6) is 0. The van der Waals surface area contributed by atoms with Crippen LogP contribution in [-0.4, -0.2) is 48.8 Å². The molecular weight excluding hydrogens is 350 g/mol. The largest absolute Gasteiger partial charge is 0.381 e. The molecule has 0 bridgehead atoms. The van der Waals surface area contributed by atoms with Crippen LogP contribution in [0.15, 0.2) is 35.2 Å². The highest BCUT2D eigenvalue weighted by Crippen LogP contribution is 2.40. The molecule has 0 amide bonds. The second kappa shape index (κ2) is 6.48. The number of hydrogen-bond acceptors (Lipinski definition) is 4. The van der Waals surface area contributed by atoms with Gasteiger partial charge in [-0.2, -0.15) is 9.40 Å². The molecule has 2 saturated heterocycles. The Balaban J connectivity index is 1.71. The van der Waals surface area contributed by atoms with Crippen molar-refractivity contribution in [2.24, 2.45) is 5.41 Å². The minimum absolute atomic E-state index is 0.0114. The van der Waals surface area contributed by atoms with Gasteiger partial charge in [0.1, 0.15) is 4.90 Å². The van der Waals surface area contributed by atoms with Crippen LogP contribution in [0, 0.1) is 19.3 Å². The Morgan fingerprint density at radius 2 is 1.92 bits per heavy atom. The molecule has 2 aliphatic heterocycles. The zero-order valence-electron chi connectivity index (χ0n) is 15.3. The summed E-state index contributed by atoms with van der Waals surface area (Å²) in [4.78, 5) is 0.345. The molecule has 7 heteroatoms. The van der Waals surface area contributed by atoms with Crippen LogP contribution >= 0.6 is 0 Å². The van der Waals surface area contributed by atoms with Crippen molar-refractivity contribution >= 4 is 10.0 Å². The van der Waals surface area contributed by atoms with E-state index in [0.717, 1.165) is 31.6 Å². The average molecular weight is 375 g/mol. The second-order valence-corrected chi connectivity index (χ2v) is 9.37. The fraction of sp³-hybridized carbons (Fsp3) is 0.526. The van der Waals surface area contributed by atoms with Crippen LogP contribution in [0.5, 0.6) is 0 Å². The lowest BCUT2D eigenvalue weighted by molar-refractivity contribution is 0.105. The van der Waals surface area contributed by atoms with Crippen molar-refractivity contribution in [2.75, 3.05) is 26.3 Å². The zero-order chi connectivity index (χ0) is 18.4. The van der Waals surface area contributed by atoms with Crippen molar-refractivity contribution < 1.29 is 13.2 Å². The smallest absolute Gasteiger partial charge is 0.246 e. The van der Waals surface area contributed by atoms with Crippen LogP contribution in [0.25, 0.3) is 5.69 Å². The Bertz CT molecular complexity index is 900.